The van der Waals surface area contributed by atoms with Crippen LogP contribution in [0.15, 0.2) is 0 Å². The van der Waals surface area contributed by atoms with Gasteiger partial charge in [-0.15, -0.1) is 0 Å². The molecule has 6 nitrogen and oxygen atoms in total. The minimum Gasteiger partial charge on any atom is -0.354 e. The number of piperazine rings is 1. The number of nitrogens with zero attached hydrogens (tertiary/aromatic N) is 3. The third-order valence-corrected chi connectivity index (χ3v) is 6.29. The van der Waals surface area contributed by atoms with Crippen LogP contribution in [-0.4, -0.2) is 84.4 Å². The molecule has 0 spiro atoms. The van der Waals surface area contributed by atoms with E-state index in [4.69, 9.17) is 0 Å². The zero-order chi connectivity index (χ0) is 18.0. The summed E-state index contributed by atoms with van der Waals surface area (Å²) in [6.45, 7) is 13.1. The Bertz CT molecular complexity index is 474. The molecular formula is C19H34N4O2. The summed E-state index contributed by atoms with van der Waals surface area (Å²) in [6, 6.07) is 0.941. The van der Waals surface area contributed by atoms with Crippen molar-refractivity contribution in [2.75, 3.05) is 45.8 Å². The average Bonchev–Trinajstić information content (AvgIpc) is 3.10. The summed E-state index contributed by atoms with van der Waals surface area (Å²) in [6.07, 6.45) is 2.71. The van der Waals surface area contributed by atoms with Crippen molar-refractivity contribution in [1.29, 1.82) is 0 Å². The molecule has 2 unspecified atom stereocenters. The van der Waals surface area contributed by atoms with E-state index in [-0.39, 0.29) is 5.91 Å². The fourth-order valence-corrected chi connectivity index (χ4v) is 4.82. The van der Waals surface area contributed by atoms with Gasteiger partial charge in [0, 0.05) is 71.2 Å². The summed E-state index contributed by atoms with van der Waals surface area (Å²) < 4.78 is 0. The Morgan fingerprint density at radius 2 is 1.64 bits per heavy atom. The van der Waals surface area contributed by atoms with Crippen LogP contribution in [0.2, 0.25) is 0 Å². The molecule has 2 aliphatic heterocycles. The van der Waals surface area contributed by atoms with Gasteiger partial charge in [-0.2, -0.15) is 0 Å². The van der Waals surface area contributed by atoms with E-state index in [0.29, 0.717) is 36.2 Å². The van der Waals surface area contributed by atoms with E-state index in [0.717, 1.165) is 58.7 Å². The smallest absolute Gasteiger partial charge is 0.223 e. The summed E-state index contributed by atoms with van der Waals surface area (Å²) in [7, 11) is 0. The molecule has 2 heterocycles. The fraction of sp³-hybridized carbons (Fsp3) is 0.895. The highest BCUT2D eigenvalue weighted by molar-refractivity contribution is 5.77. The predicted octanol–water partition coefficient (Wildman–Crippen LogP) is 0.776. The van der Waals surface area contributed by atoms with E-state index in [2.05, 4.69) is 33.9 Å². The number of hydrogen-bond donors (Lipinski definition) is 1. The topological polar surface area (TPSA) is 55.9 Å². The van der Waals surface area contributed by atoms with Crippen LogP contribution in [0.5, 0.6) is 0 Å². The lowest BCUT2D eigenvalue weighted by Crippen LogP contribution is -2.49. The minimum atomic E-state index is 0.0652. The van der Waals surface area contributed by atoms with Gasteiger partial charge in [0.2, 0.25) is 11.8 Å². The van der Waals surface area contributed by atoms with E-state index in [1.54, 1.807) is 6.92 Å². The molecule has 3 aliphatic rings. The van der Waals surface area contributed by atoms with Crippen molar-refractivity contribution in [3.05, 3.63) is 0 Å². The Kier molecular flexibility index (Phi) is 6.00. The lowest BCUT2D eigenvalue weighted by molar-refractivity contribution is -0.131. The van der Waals surface area contributed by atoms with Gasteiger partial charge >= 0.3 is 0 Å². The Balaban J connectivity index is 1.36. The van der Waals surface area contributed by atoms with E-state index in [1.165, 1.54) is 0 Å². The maximum absolute atomic E-state index is 12.6. The summed E-state index contributed by atoms with van der Waals surface area (Å²) in [4.78, 5) is 30.8. The second kappa shape index (κ2) is 8.04. The highest BCUT2D eigenvalue weighted by Gasteiger charge is 2.42. The maximum Gasteiger partial charge on any atom is 0.223 e. The van der Waals surface area contributed by atoms with E-state index in [9.17, 15) is 9.59 Å². The van der Waals surface area contributed by atoms with Crippen LogP contribution in [0.1, 0.15) is 40.0 Å². The lowest BCUT2D eigenvalue weighted by Gasteiger charge is -2.37. The number of hydrogen-bond acceptors (Lipinski definition) is 4. The number of nitrogens with one attached hydrogen (secondary N) is 1. The number of likely N-dealkylation sites (tertiary alicyclic amines) is 1. The highest BCUT2D eigenvalue weighted by Crippen LogP contribution is 2.38. The first kappa shape index (κ1) is 18.6. The molecule has 1 N–H and O–H groups in total. The number of fused-ring (bicyclic) bond motifs is 1. The molecule has 0 aromatic heterocycles. The molecule has 25 heavy (non-hydrogen) atoms. The van der Waals surface area contributed by atoms with Crippen molar-refractivity contribution in [3.8, 4) is 0 Å². The number of rotatable bonds is 5. The second-order valence-electron chi connectivity index (χ2n) is 8.41. The van der Waals surface area contributed by atoms with Gasteiger partial charge in [-0.1, -0.05) is 0 Å². The second-order valence-corrected chi connectivity index (χ2v) is 8.41. The molecular weight excluding hydrogens is 316 g/mol. The molecule has 0 radical (unpaired) electrons. The quantitative estimate of drug-likeness (QED) is 0.796. The molecule has 2 saturated heterocycles. The van der Waals surface area contributed by atoms with E-state index in [1.807, 2.05) is 0 Å². The van der Waals surface area contributed by atoms with Crippen LogP contribution in [0.25, 0.3) is 0 Å². The summed E-state index contributed by atoms with van der Waals surface area (Å²) >= 11 is 0. The standard InChI is InChI=1S/C19H34N4O2/c1-14(2)22-8-6-21(7-9-22)5-4-19(25)23-12-16-10-18(20-15(3)24)11-17(16)13-23/h14,16-18H,4-13H2,1-3H3,(H,20,24). The first-order valence-electron chi connectivity index (χ1n) is 9.93. The van der Waals surface area contributed by atoms with Crippen LogP contribution >= 0.6 is 0 Å². The largest absolute Gasteiger partial charge is 0.354 e. The highest BCUT2D eigenvalue weighted by atomic mass is 16.2. The summed E-state index contributed by atoms with van der Waals surface area (Å²) in [5.74, 6) is 1.54. The molecule has 0 aromatic rings. The Morgan fingerprint density at radius 1 is 1.04 bits per heavy atom. The maximum atomic E-state index is 12.6. The number of amides is 2. The fourth-order valence-electron chi connectivity index (χ4n) is 4.82. The molecule has 3 rings (SSSR count). The van der Waals surface area contributed by atoms with Crippen LogP contribution in [0.4, 0.5) is 0 Å². The molecule has 0 aromatic carbocycles. The Labute approximate surface area is 151 Å². The molecule has 142 valence electrons. The third-order valence-electron chi connectivity index (χ3n) is 6.29. The molecule has 6 heteroatoms. The molecule has 3 fully saturated rings. The molecule has 1 saturated carbocycles. The van der Waals surface area contributed by atoms with Gasteiger partial charge in [0.15, 0.2) is 0 Å². The molecule has 0 bridgehead atoms. The van der Waals surface area contributed by atoms with Crippen molar-refractivity contribution in [3.63, 3.8) is 0 Å². The van der Waals surface area contributed by atoms with Gasteiger partial charge < -0.3 is 15.1 Å². The first-order valence-corrected chi connectivity index (χ1v) is 9.93. The zero-order valence-electron chi connectivity index (χ0n) is 16.0. The molecule has 2 amide bonds. The normalized spacial score (nSPS) is 30.7. The van der Waals surface area contributed by atoms with Gasteiger partial charge in [-0.3, -0.25) is 14.5 Å². The van der Waals surface area contributed by atoms with Crippen molar-refractivity contribution >= 4 is 11.8 Å². The van der Waals surface area contributed by atoms with Crippen molar-refractivity contribution in [2.24, 2.45) is 11.8 Å². The Hall–Kier alpha value is -1.14. The Morgan fingerprint density at radius 3 is 2.16 bits per heavy atom. The SMILES string of the molecule is CC(=O)NC1CC2CN(C(=O)CCN3CCN(C(C)C)CC3)CC2C1. The lowest BCUT2D eigenvalue weighted by atomic mass is 10.0. The minimum absolute atomic E-state index is 0.0652. The van der Waals surface area contributed by atoms with Crippen LogP contribution in [0, 0.1) is 11.8 Å². The third kappa shape index (κ3) is 4.73. The zero-order valence-corrected chi connectivity index (χ0v) is 16.0. The van der Waals surface area contributed by atoms with Gasteiger partial charge in [-0.25, -0.2) is 0 Å². The van der Waals surface area contributed by atoms with Crippen LogP contribution in [-0.2, 0) is 9.59 Å². The average molecular weight is 351 g/mol. The monoisotopic (exact) mass is 350 g/mol. The van der Waals surface area contributed by atoms with Crippen molar-refractivity contribution in [1.82, 2.24) is 20.0 Å². The summed E-state index contributed by atoms with van der Waals surface area (Å²) in [5.41, 5.74) is 0. The summed E-state index contributed by atoms with van der Waals surface area (Å²) in [5, 5.41) is 3.04. The van der Waals surface area contributed by atoms with E-state index >= 15 is 0 Å². The van der Waals surface area contributed by atoms with Crippen LogP contribution < -0.4 is 5.32 Å². The number of carbonyl (C=O) groups excluding carboxylic acids is 2. The van der Waals surface area contributed by atoms with Gasteiger partial charge in [0.1, 0.15) is 0 Å². The molecule has 2 atom stereocenters. The predicted molar refractivity (Wildman–Crippen MR) is 98.2 cm³/mol. The van der Waals surface area contributed by atoms with Crippen LogP contribution in [0.3, 0.4) is 0 Å². The van der Waals surface area contributed by atoms with Gasteiger partial charge in [0.05, 0.1) is 0 Å². The van der Waals surface area contributed by atoms with Crippen molar-refractivity contribution in [2.45, 2.75) is 52.1 Å². The van der Waals surface area contributed by atoms with Crippen molar-refractivity contribution < 1.29 is 9.59 Å². The molecule has 1 aliphatic carbocycles. The van der Waals surface area contributed by atoms with E-state index < -0.39 is 0 Å². The van der Waals surface area contributed by atoms with Gasteiger partial charge in [-0.05, 0) is 38.5 Å². The first-order chi connectivity index (χ1) is 11.9. The van der Waals surface area contributed by atoms with Gasteiger partial charge in [0.25, 0.3) is 0 Å². The number of carbonyl (C=O) groups is 2.